The second kappa shape index (κ2) is 9.67. The number of imidazole rings is 1. The highest BCUT2D eigenvalue weighted by Gasteiger charge is 2.68. The van der Waals surface area contributed by atoms with Crippen molar-refractivity contribution in [3.05, 3.63) is 92.5 Å². The van der Waals surface area contributed by atoms with Crippen LogP contribution in [0.3, 0.4) is 0 Å². The molecule has 0 unspecified atom stereocenters. The predicted octanol–water partition coefficient (Wildman–Crippen LogP) is 7.11. The summed E-state index contributed by atoms with van der Waals surface area (Å²) in [6, 6.07) is 11.7. The number of amides is 1. The lowest BCUT2D eigenvalue weighted by molar-refractivity contribution is -0.137. The Bertz CT molecular complexity index is 1960. The first-order chi connectivity index (χ1) is 21.4. The molecule has 4 aromatic rings. The summed E-state index contributed by atoms with van der Waals surface area (Å²) >= 11 is 12.5. The number of aromatic carboxylic acids is 1. The van der Waals surface area contributed by atoms with Crippen LogP contribution in [0.5, 0.6) is 0 Å². The lowest BCUT2D eigenvalue weighted by Gasteiger charge is -2.46. The van der Waals surface area contributed by atoms with Crippen molar-refractivity contribution >= 4 is 51.8 Å². The molecule has 3 aromatic carbocycles. The fraction of sp³-hybridized carbons (Fsp3) is 0.344. The van der Waals surface area contributed by atoms with E-state index in [4.69, 9.17) is 23.2 Å². The van der Waals surface area contributed by atoms with Crippen LogP contribution >= 0.6 is 23.2 Å². The van der Waals surface area contributed by atoms with Crippen molar-refractivity contribution in [3.8, 4) is 0 Å². The van der Waals surface area contributed by atoms with Crippen LogP contribution in [-0.2, 0) is 23.9 Å². The summed E-state index contributed by atoms with van der Waals surface area (Å²) in [5, 5.41) is 12.9. The van der Waals surface area contributed by atoms with Gasteiger partial charge in [-0.05, 0) is 60.2 Å². The second-order valence-electron chi connectivity index (χ2n) is 12.4. The largest absolute Gasteiger partial charge is 0.478 e. The van der Waals surface area contributed by atoms with Crippen LogP contribution in [0.1, 0.15) is 57.6 Å². The normalized spacial score (nSPS) is 25.8. The number of hydrogen-bond donors (Lipinski definition) is 2. The van der Waals surface area contributed by atoms with Crippen molar-refractivity contribution < 1.29 is 32.3 Å². The molecule has 1 spiro atoms. The van der Waals surface area contributed by atoms with E-state index in [-0.39, 0.29) is 40.8 Å². The maximum Gasteiger partial charge on any atom is 0.419 e. The first-order valence-electron chi connectivity index (χ1n) is 14.5. The quantitative estimate of drug-likeness (QED) is 0.228. The summed E-state index contributed by atoms with van der Waals surface area (Å²) in [4.78, 5) is 33.0. The van der Waals surface area contributed by atoms with Gasteiger partial charge in [0.15, 0.2) is 0 Å². The molecular weight excluding hydrogens is 635 g/mol. The minimum atomic E-state index is -5.00. The number of carboxylic acid groups (broad SMARTS) is 1. The molecule has 4 heterocycles. The third kappa shape index (κ3) is 4.09. The summed E-state index contributed by atoms with van der Waals surface area (Å²) in [7, 11) is 0. The van der Waals surface area contributed by atoms with Crippen LogP contribution in [0.4, 0.5) is 23.2 Å². The molecule has 0 bridgehead atoms. The van der Waals surface area contributed by atoms with Gasteiger partial charge in [-0.1, -0.05) is 41.4 Å². The Morgan fingerprint density at radius 2 is 1.91 bits per heavy atom. The smallest absolute Gasteiger partial charge is 0.419 e. The maximum absolute atomic E-state index is 16.1. The molecule has 7 nitrogen and oxygen atoms in total. The van der Waals surface area contributed by atoms with E-state index in [9.17, 15) is 27.9 Å². The van der Waals surface area contributed by atoms with Gasteiger partial charge in [0.2, 0.25) is 5.91 Å². The number of halogens is 6. The summed E-state index contributed by atoms with van der Waals surface area (Å²) in [6.07, 6.45) is -2.86. The van der Waals surface area contributed by atoms with E-state index < -0.39 is 58.0 Å². The summed E-state index contributed by atoms with van der Waals surface area (Å²) < 4.78 is 60.9. The molecular formula is C32H24Cl2F4N4O3. The van der Waals surface area contributed by atoms with Gasteiger partial charge in [0.25, 0.3) is 0 Å². The zero-order valence-corrected chi connectivity index (χ0v) is 24.8. The van der Waals surface area contributed by atoms with Crippen LogP contribution in [0, 0.1) is 11.7 Å². The second-order valence-corrected chi connectivity index (χ2v) is 13.2. The van der Waals surface area contributed by atoms with E-state index in [1.165, 1.54) is 12.1 Å². The van der Waals surface area contributed by atoms with Crippen LogP contribution in [0.15, 0.2) is 48.5 Å². The van der Waals surface area contributed by atoms with Crippen molar-refractivity contribution in [1.29, 1.82) is 0 Å². The average molecular weight is 659 g/mol. The van der Waals surface area contributed by atoms with E-state index in [1.807, 2.05) is 6.07 Å². The zero-order chi connectivity index (χ0) is 31.6. The zero-order valence-electron chi connectivity index (χ0n) is 23.3. The number of carbonyl (C=O) groups is 2. The predicted molar refractivity (Wildman–Crippen MR) is 158 cm³/mol. The standard InChI is InChI=1S/C32H24Cl2F4N4O3/c33-16-7-6-15-11-31(30(45)39-20(15)10-16)24(17-2-1-3-19(34)26(17)35)23-22(42(31)12-14-4-5-14)13-41-21-9-8-18(29(43)44)25(32(36,37)38)27(21)40-28(23)41/h1-3,6-10,14,22-24H,4-5,11-13H2,(H,39,45)(H,43,44)/t22-,23+,24-,31+/m0/s1. The lowest BCUT2D eigenvalue weighted by Crippen LogP contribution is -2.61. The minimum absolute atomic E-state index is 0.135. The molecule has 2 fully saturated rings. The molecule has 2 N–H and O–H groups in total. The van der Waals surface area contributed by atoms with Gasteiger partial charge in [0, 0.05) is 48.1 Å². The van der Waals surface area contributed by atoms with Gasteiger partial charge in [-0.25, -0.2) is 14.2 Å². The van der Waals surface area contributed by atoms with Gasteiger partial charge in [-0.2, -0.15) is 13.2 Å². The monoisotopic (exact) mass is 658 g/mol. The Morgan fingerprint density at radius 1 is 1.13 bits per heavy atom. The van der Waals surface area contributed by atoms with Crippen LogP contribution in [0.2, 0.25) is 10.0 Å². The Labute approximate surface area is 263 Å². The SMILES string of the molecule is O=C(O)c1ccc2c(nc3n2C[C@H]2[C@@H]3[C@H](c3cccc(Cl)c3F)[C@@]3(Cc4ccc(Cl)cc4NC3=O)N2CC2CC2)c1C(F)(F)F. The Kier molecular flexibility index (Phi) is 6.18. The molecule has 4 atom stereocenters. The molecule has 1 amide bonds. The topological polar surface area (TPSA) is 87.5 Å². The maximum atomic E-state index is 16.1. The molecule has 1 aromatic heterocycles. The third-order valence-corrected chi connectivity index (χ3v) is 10.5. The molecule has 3 aliphatic heterocycles. The van der Waals surface area contributed by atoms with Gasteiger partial charge in [-0.3, -0.25) is 9.69 Å². The number of fused-ring (bicyclic) bond motifs is 6. The number of nitrogens with one attached hydrogen (secondary N) is 1. The number of nitrogens with zero attached hydrogens (tertiary/aromatic N) is 3. The number of anilines is 1. The number of alkyl halides is 3. The van der Waals surface area contributed by atoms with E-state index >= 15 is 4.39 Å². The molecule has 4 aliphatic rings. The number of hydrogen-bond acceptors (Lipinski definition) is 4. The van der Waals surface area contributed by atoms with Gasteiger partial charge >= 0.3 is 12.1 Å². The van der Waals surface area contributed by atoms with E-state index in [1.54, 1.807) is 28.8 Å². The van der Waals surface area contributed by atoms with E-state index in [0.29, 0.717) is 23.2 Å². The summed E-state index contributed by atoms with van der Waals surface area (Å²) in [5.74, 6) is -3.83. The number of carbonyl (C=O) groups excluding carboxylic acids is 1. The highest BCUT2D eigenvalue weighted by Crippen LogP contribution is 2.61. The molecule has 8 rings (SSSR count). The first kappa shape index (κ1) is 28.8. The number of likely N-dealkylation sites (tertiary alicyclic amines) is 1. The lowest BCUT2D eigenvalue weighted by atomic mass is 9.69. The number of carboxylic acids is 1. The minimum Gasteiger partial charge on any atom is -0.478 e. The fourth-order valence-corrected chi connectivity index (χ4v) is 8.37. The number of aromatic nitrogens is 2. The van der Waals surface area contributed by atoms with Crippen LogP contribution in [-0.4, -0.2) is 49.6 Å². The van der Waals surface area contributed by atoms with Crippen molar-refractivity contribution in [3.63, 3.8) is 0 Å². The van der Waals surface area contributed by atoms with Crippen molar-refractivity contribution in [1.82, 2.24) is 14.5 Å². The summed E-state index contributed by atoms with van der Waals surface area (Å²) in [6.45, 7) is 0.726. The van der Waals surface area contributed by atoms with Gasteiger partial charge < -0.3 is 15.0 Å². The number of rotatable bonds is 4. The molecule has 1 saturated heterocycles. The molecule has 232 valence electrons. The third-order valence-electron chi connectivity index (χ3n) is 9.97. The van der Waals surface area contributed by atoms with Crippen molar-refractivity contribution in [2.75, 3.05) is 11.9 Å². The molecule has 1 saturated carbocycles. The van der Waals surface area contributed by atoms with Crippen molar-refractivity contribution in [2.45, 2.75) is 55.4 Å². The molecule has 1 aliphatic carbocycles. The highest BCUT2D eigenvalue weighted by atomic mass is 35.5. The first-order valence-corrected chi connectivity index (χ1v) is 15.3. The Hall–Kier alpha value is -3.67. The molecule has 13 heteroatoms. The van der Waals surface area contributed by atoms with Gasteiger partial charge in [0.1, 0.15) is 22.7 Å². The van der Waals surface area contributed by atoms with Gasteiger partial charge in [-0.15, -0.1) is 0 Å². The Morgan fingerprint density at radius 3 is 2.62 bits per heavy atom. The van der Waals surface area contributed by atoms with Crippen LogP contribution < -0.4 is 5.32 Å². The molecule has 0 radical (unpaired) electrons. The van der Waals surface area contributed by atoms with E-state index in [2.05, 4.69) is 15.2 Å². The summed E-state index contributed by atoms with van der Waals surface area (Å²) in [5.41, 5.74) is -2.39. The van der Waals surface area contributed by atoms with Crippen LogP contribution in [0.25, 0.3) is 11.0 Å². The highest BCUT2D eigenvalue weighted by molar-refractivity contribution is 6.31. The number of benzene rings is 3. The van der Waals surface area contributed by atoms with Gasteiger partial charge in [0.05, 0.1) is 21.7 Å². The average Bonchev–Trinajstić information content (AvgIpc) is 3.56. The fourth-order valence-electron chi connectivity index (χ4n) is 8.02. The molecule has 45 heavy (non-hydrogen) atoms. The van der Waals surface area contributed by atoms with E-state index in [0.717, 1.165) is 24.5 Å². The Balaban J connectivity index is 1.40. The van der Waals surface area contributed by atoms with Crippen molar-refractivity contribution in [2.24, 2.45) is 5.92 Å².